The summed E-state index contributed by atoms with van der Waals surface area (Å²) in [4.78, 5) is 5.01. The van der Waals surface area contributed by atoms with Gasteiger partial charge in [-0.25, -0.2) is 4.98 Å². The highest BCUT2D eigenvalue weighted by molar-refractivity contribution is 5.27. The third-order valence-electron chi connectivity index (χ3n) is 5.27. The Morgan fingerprint density at radius 3 is 2.83 bits per heavy atom. The fourth-order valence-electron chi connectivity index (χ4n) is 3.80. The van der Waals surface area contributed by atoms with Crippen LogP contribution in [-0.2, 0) is 18.5 Å². The molecule has 1 N–H and O–H groups in total. The van der Waals surface area contributed by atoms with Gasteiger partial charge in [-0.2, -0.15) is 0 Å². The second-order valence-corrected chi connectivity index (χ2v) is 6.33. The first-order chi connectivity index (χ1) is 8.84. The molecule has 98 valence electrons. The number of imidazole rings is 1. The Morgan fingerprint density at radius 2 is 2.22 bits per heavy atom. The summed E-state index contributed by atoms with van der Waals surface area (Å²) in [7, 11) is 0. The van der Waals surface area contributed by atoms with E-state index in [1.54, 1.807) is 5.69 Å². The molecule has 4 rings (SSSR count). The Balaban J connectivity index is 1.85. The molecule has 0 bridgehead atoms. The van der Waals surface area contributed by atoms with Crippen molar-refractivity contribution in [2.75, 3.05) is 6.54 Å². The zero-order valence-electron chi connectivity index (χ0n) is 11.3. The van der Waals surface area contributed by atoms with Crippen molar-refractivity contribution >= 4 is 0 Å². The minimum Gasteiger partial charge on any atom is -0.325 e. The number of hydrogen-bond acceptors (Lipinski definition) is 2. The van der Waals surface area contributed by atoms with Crippen molar-refractivity contribution in [1.82, 2.24) is 14.9 Å². The molecule has 3 nitrogen and oxygen atoms in total. The Hall–Kier alpha value is -0.830. The van der Waals surface area contributed by atoms with Gasteiger partial charge in [0.1, 0.15) is 5.82 Å². The first kappa shape index (κ1) is 11.0. The van der Waals surface area contributed by atoms with Gasteiger partial charge in [0.15, 0.2) is 0 Å². The van der Waals surface area contributed by atoms with Gasteiger partial charge < -0.3 is 9.88 Å². The largest absolute Gasteiger partial charge is 0.325 e. The maximum Gasteiger partial charge on any atom is 0.112 e. The highest BCUT2D eigenvalue weighted by Crippen LogP contribution is 2.49. The lowest BCUT2D eigenvalue weighted by Crippen LogP contribution is -2.42. The van der Waals surface area contributed by atoms with E-state index in [1.165, 1.54) is 56.5 Å². The van der Waals surface area contributed by atoms with Crippen LogP contribution in [0.3, 0.4) is 0 Å². The number of nitrogens with one attached hydrogen (secondary N) is 1. The van der Waals surface area contributed by atoms with Crippen LogP contribution >= 0.6 is 0 Å². The van der Waals surface area contributed by atoms with Crippen molar-refractivity contribution < 1.29 is 0 Å². The quantitative estimate of drug-likeness (QED) is 0.887. The average molecular weight is 245 g/mol. The standard InChI is InChI=1S/C15H23N3/c1-2-15(7-3-8-15)18-13-6-9-16-10-12(13)17-14(18)11-4-5-11/h11,16H,2-10H2,1H3. The molecule has 0 spiro atoms. The SMILES string of the molecule is CCC1(n2c(C3CC3)nc3c2CCNC3)CCC1. The molecular weight excluding hydrogens is 222 g/mol. The first-order valence-corrected chi connectivity index (χ1v) is 7.66. The maximum atomic E-state index is 5.01. The van der Waals surface area contributed by atoms with Gasteiger partial charge in [0, 0.05) is 36.7 Å². The molecule has 2 heterocycles. The van der Waals surface area contributed by atoms with E-state index in [0.717, 1.165) is 19.0 Å². The van der Waals surface area contributed by atoms with Gasteiger partial charge in [-0.15, -0.1) is 0 Å². The van der Waals surface area contributed by atoms with E-state index in [4.69, 9.17) is 4.98 Å². The van der Waals surface area contributed by atoms with Gasteiger partial charge in [0.05, 0.1) is 5.69 Å². The molecule has 3 heteroatoms. The Labute approximate surface area is 109 Å². The summed E-state index contributed by atoms with van der Waals surface area (Å²) in [5.41, 5.74) is 3.36. The predicted octanol–water partition coefficient (Wildman–Crippen LogP) is 2.70. The number of hydrogen-bond donors (Lipinski definition) is 1. The highest BCUT2D eigenvalue weighted by atomic mass is 15.2. The molecule has 3 aliphatic rings. The van der Waals surface area contributed by atoms with Crippen molar-refractivity contribution in [3.05, 3.63) is 17.2 Å². The first-order valence-electron chi connectivity index (χ1n) is 7.66. The summed E-state index contributed by atoms with van der Waals surface area (Å²) in [5.74, 6) is 2.21. The smallest absolute Gasteiger partial charge is 0.112 e. The van der Waals surface area contributed by atoms with Crippen molar-refractivity contribution in [2.24, 2.45) is 0 Å². The van der Waals surface area contributed by atoms with Crippen molar-refractivity contribution in [2.45, 2.75) is 69.9 Å². The monoisotopic (exact) mass is 245 g/mol. The third-order valence-corrected chi connectivity index (χ3v) is 5.27. The Kier molecular flexibility index (Phi) is 2.35. The summed E-state index contributed by atoms with van der Waals surface area (Å²) in [5, 5.41) is 3.47. The highest BCUT2D eigenvalue weighted by Gasteiger charge is 2.43. The molecule has 0 unspecified atom stereocenters. The lowest BCUT2D eigenvalue weighted by atomic mass is 9.74. The van der Waals surface area contributed by atoms with Gasteiger partial charge in [-0.05, 0) is 38.5 Å². The zero-order valence-corrected chi connectivity index (χ0v) is 11.3. The minimum atomic E-state index is 0.440. The van der Waals surface area contributed by atoms with Crippen LogP contribution in [0.15, 0.2) is 0 Å². The molecule has 0 saturated heterocycles. The third kappa shape index (κ3) is 1.43. The molecule has 0 radical (unpaired) electrons. The van der Waals surface area contributed by atoms with Crippen molar-refractivity contribution in [3.63, 3.8) is 0 Å². The lowest BCUT2D eigenvalue weighted by Gasteiger charge is -2.45. The van der Waals surface area contributed by atoms with Gasteiger partial charge >= 0.3 is 0 Å². The molecule has 2 saturated carbocycles. The van der Waals surface area contributed by atoms with E-state index in [2.05, 4.69) is 16.8 Å². The van der Waals surface area contributed by atoms with Crippen LogP contribution in [0.1, 0.15) is 68.6 Å². The molecular formula is C15H23N3. The van der Waals surface area contributed by atoms with Crippen LogP contribution in [0.25, 0.3) is 0 Å². The molecule has 1 aromatic rings. The van der Waals surface area contributed by atoms with Crippen LogP contribution < -0.4 is 5.32 Å². The molecule has 2 fully saturated rings. The van der Waals surface area contributed by atoms with E-state index < -0.39 is 0 Å². The normalized spacial score (nSPS) is 25.6. The summed E-state index contributed by atoms with van der Waals surface area (Å²) in [6.45, 7) is 4.48. The Morgan fingerprint density at radius 1 is 1.39 bits per heavy atom. The van der Waals surface area contributed by atoms with Crippen LogP contribution in [-0.4, -0.2) is 16.1 Å². The second-order valence-electron chi connectivity index (χ2n) is 6.33. The van der Waals surface area contributed by atoms with Gasteiger partial charge in [-0.3, -0.25) is 0 Å². The number of fused-ring (bicyclic) bond motifs is 1. The molecule has 0 atom stereocenters. The topological polar surface area (TPSA) is 29.9 Å². The van der Waals surface area contributed by atoms with Crippen LogP contribution in [0.2, 0.25) is 0 Å². The summed E-state index contributed by atoms with van der Waals surface area (Å²) >= 11 is 0. The average Bonchev–Trinajstić information content (AvgIpc) is 3.12. The van der Waals surface area contributed by atoms with Gasteiger partial charge in [0.2, 0.25) is 0 Å². The predicted molar refractivity (Wildman–Crippen MR) is 71.7 cm³/mol. The van der Waals surface area contributed by atoms with E-state index >= 15 is 0 Å². The minimum absolute atomic E-state index is 0.440. The molecule has 18 heavy (non-hydrogen) atoms. The number of nitrogens with zero attached hydrogens (tertiary/aromatic N) is 2. The molecule has 1 aliphatic heterocycles. The molecule has 1 aromatic heterocycles. The fourth-order valence-corrected chi connectivity index (χ4v) is 3.80. The van der Waals surface area contributed by atoms with Gasteiger partial charge in [-0.1, -0.05) is 6.92 Å². The van der Waals surface area contributed by atoms with E-state index in [1.807, 2.05) is 0 Å². The van der Waals surface area contributed by atoms with E-state index in [9.17, 15) is 0 Å². The van der Waals surface area contributed by atoms with Crippen molar-refractivity contribution in [1.29, 1.82) is 0 Å². The Bertz CT molecular complexity index is 461. The zero-order chi connectivity index (χ0) is 12.2. The molecule has 2 aliphatic carbocycles. The van der Waals surface area contributed by atoms with Crippen LogP contribution in [0.5, 0.6) is 0 Å². The number of aromatic nitrogens is 2. The second kappa shape index (κ2) is 3.83. The summed E-state index contributed by atoms with van der Waals surface area (Å²) < 4.78 is 2.71. The lowest BCUT2D eigenvalue weighted by molar-refractivity contribution is 0.127. The van der Waals surface area contributed by atoms with E-state index in [-0.39, 0.29) is 0 Å². The summed E-state index contributed by atoms with van der Waals surface area (Å²) in [6, 6.07) is 0. The van der Waals surface area contributed by atoms with Crippen molar-refractivity contribution in [3.8, 4) is 0 Å². The fraction of sp³-hybridized carbons (Fsp3) is 0.800. The number of rotatable bonds is 3. The molecule has 0 aromatic carbocycles. The maximum absolute atomic E-state index is 5.01. The molecule has 0 amide bonds. The van der Waals surface area contributed by atoms with Crippen LogP contribution in [0, 0.1) is 0 Å². The summed E-state index contributed by atoms with van der Waals surface area (Å²) in [6.07, 6.45) is 9.34. The van der Waals surface area contributed by atoms with E-state index in [0.29, 0.717) is 5.54 Å². The van der Waals surface area contributed by atoms with Gasteiger partial charge in [0.25, 0.3) is 0 Å². The van der Waals surface area contributed by atoms with Crippen LogP contribution in [0.4, 0.5) is 0 Å².